The highest BCUT2D eigenvalue weighted by molar-refractivity contribution is 5.69. The monoisotopic (exact) mass is 232 g/mol. The van der Waals surface area contributed by atoms with Crippen molar-refractivity contribution < 1.29 is 0 Å². The van der Waals surface area contributed by atoms with Gasteiger partial charge in [-0.05, 0) is 31.4 Å². The lowest BCUT2D eigenvalue weighted by molar-refractivity contribution is 0.471. The molecule has 0 atom stereocenters. The van der Waals surface area contributed by atoms with Gasteiger partial charge in [0.25, 0.3) is 0 Å². The molecule has 2 rings (SSSR count). The maximum Gasteiger partial charge on any atom is 0.0579 e. The van der Waals surface area contributed by atoms with E-state index in [1.807, 2.05) is 0 Å². The topological polar surface area (TPSA) is 38.0 Å². The highest BCUT2D eigenvalue weighted by Gasteiger charge is 2.12. The highest BCUT2D eigenvalue weighted by atomic mass is 14.9. The van der Waals surface area contributed by atoms with E-state index in [0.717, 1.165) is 11.4 Å². The lowest BCUT2D eigenvalue weighted by Gasteiger charge is -2.23. The first-order chi connectivity index (χ1) is 8.27. The molecule has 1 aliphatic rings. The number of nitrogen functional groups attached to an aromatic ring is 1. The first kappa shape index (κ1) is 12.3. The van der Waals surface area contributed by atoms with Gasteiger partial charge in [0, 0.05) is 6.04 Å². The Kier molecular flexibility index (Phi) is 4.29. The van der Waals surface area contributed by atoms with Crippen LogP contribution in [0.5, 0.6) is 0 Å². The fourth-order valence-corrected chi connectivity index (χ4v) is 2.63. The predicted molar refractivity (Wildman–Crippen MR) is 75.3 cm³/mol. The van der Waals surface area contributed by atoms with Crippen LogP contribution >= 0.6 is 0 Å². The number of aryl methyl sites for hydroxylation is 1. The lowest BCUT2D eigenvalue weighted by Crippen LogP contribution is -2.21. The van der Waals surface area contributed by atoms with Gasteiger partial charge in [0.2, 0.25) is 0 Å². The van der Waals surface area contributed by atoms with Crippen LogP contribution in [0, 0.1) is 6.92 Å². The molecule has 3 N–H and O–H groups in total. The molecular formula is C15H24N2. The van der Waals surface area contributed by atoms with Gasteiger partial charge < -0.3 is 11.1 Å². The SMILES string of the molecule is Cc1cccc(NC2CCCCCCC2)c1N. The molecule has 94 valence electrons. The predicted octanol–water partition coefficient (Wildman–Crippen LogP) is 4.10. The van der Waals surface area contributed by atoms with Crippen molar-refractivity contribution in [3.8, 4) is 0 Å². The number of hydrogen-bond donors (Lipinski definition) is 2. The van der Waals surface area contributed by atoms with Crippen molar-refractivity contribution in [3.05, 3.63) is 23.8 Å². The molecule has 1 aromatic rings. The van der Waals surface area contributed by atoms with Crippen molar-refractivity contribution in [2.45, 2.75) is 57.9 Å². The van der Waals surface area contributed by atoms with Gasteiger partial charge in [-0.25, -0.2) is 0 Å². The van der Waals surface area contributed by atoms with Crippen LogP contribution in [0.2, 0.25) is 0 Å². The lowest BCUT2D eigenvalue weighted by atomic mass is 9.96. The summed E-state index contributed by atoms with van der Waals surface area (Å²) in [6, 6.07) is 6.86. The van der Waals surface area contributed by atoms with Crippen molar-refractivity contribution in [1.29, 1.82) is 0 Å². The molecule has 2 nitrogen and oxygen atoms in total. The van der Waals surface area contributed by atoms with E-state index < -0.39 is 0 Å². The van der Waals surface area contributed by atoms with Crippen LogP contribution in [0.3, 0.4) is 0 Å². The van der Waals surface area contributed by atoms with Crippen LogP contribution in [0.25, 0.3) is 0 Å². The molecule has 0 radical (unpaired) electrons. The van der Waals surface area contributed by atoms with E-state index in [1.54, 1.807) is 0 Å². The molecule has 0 unspecified atom stereocenters. The highest BCUT2D eigenvalue weighted by Crippen LogP contribution is 2.26. The van der Waals surface area contributed by atoms with Gasteiger partial charge in [0.15, 0.2) is 0 Å². The van der Waals surface area contributed by atoms with E-state index in [9.17, 15) is 0 Å². The summed E-state index contributed by atoms with van der Waals surface area (Å²) in [6.45, 7) is 2.07. The van der Waals surface area contributed by atoms with E-state index in [4.69, 9.17) is 5.73 Å². The first-order valence-electron chi connectivity index (χ1n) is 6.89. The Labute approximate surface area is 105 Å². The number of hydrogen-bond acceptors (Lipinski definition) is 2. The quantitative estimate of drug-likeness (QED) is 0.753. The molecule has 1 fully saturated rings. The third-order valence-electron chi connectivity index (χ3n) is 3.79. The van der Waals surface area contributed by atoms with E-state index in [0.29, 0.717) is 6.04 Å². The van der Waals surface area contributed by atoms with Crippen molar-refractivity contribution in [2.24, 2.45) is 0 Å². The summed E-state index contributed by atoms with van der Waals surface area (Å²) in [7, 11) is 0. The summed E-state index contributed by atoms with van der Waals surface area (Å²) < 4.78 is 0. The second-order valence-corrected chi connectivity index (χ2v) is 5.22. The largest absolute Gasteiger partial charge is 0.397 e. The van der Waals surface area contributed by atoms with Gasteiger partial charge in [-0.15, -0.1) is 0 Å². The van der Waals surface area contributed by atoms with E-state index in [-0.39, 0.29) is 0 Å². The zero-order chi connectivity index (χ0) is 12.1. The number of benzene rings is 1. The Hall–Kier alpha value is -1.18. The van der Waals surface area contributed by atoms with Gasteiger partial charge >= 0.3 is 0 Å². The molecule has 0 bridgehead atoms. The Morgan fingerprint density at radius 2 is 1.71 bits per heavy atom. The molecule has 17 heavy (non-hydrogen) atoms. The Morgan fingerprint density at radius 1 is 1.06 bits per heavy atom. The van der Waals surface area contributed by atoms with Crippen molar-refractivity contribution >= 4 is 11.4 Å². The molecule has 1 aromatic carbocycles. The summed E-state index contributed by atoms with van der Waals surface area (Å²) >= 11 is 0. The smallest absolute Gasteiger partial charge is 0.0579 e. The van der Waals surface area contributed by atoms with E-state index >= 15 is 0 Å². The van der Waals surface area contributed by atoms with E-state index in [2.05, 4.69) is 30.4 Å². The average molecular weight is 232 g/mol. The first-order valence-corrected chi connectivity index (χ1v) is 6.89. The van der Waals surface area contributed by atoms with Crippen LogP contribution in [-0.4, -0.2) is 6.04 Å². The van der Waals surface area contributed by atoms with Crippen LogP contribution in [0.15, 0.2) is 18.2 Å². The summed E-state index contributed by atoms with van der Waals surface area (Å²) in [5.74, 6) is 0. The molecule has 1 aliphatic carbocycles. The zero-order valence-electron chi connectivity index (χ0n) is 10.8. The molecular weight excluding hydrogens is 208 g/mol. The van der Waals surface area contributed by atoms with Crippen LogP contribution in [0.1, 0.15) is 50.5 Å². The molecule has 0 heterocycles. The minimum atomic E-state index is 0.611. The van der Waals surface area contributed by atoms with Crippen LogP contribution in [-0.2, 0) is 0 Å². The van der Waals surface area contributed by atoms with Gasteiger partial charge in [0.05, 0.1) is 11.4 Å². The number of nitrogens with one attached hydrogen (secondary N) is 1. The third kappa shape index (κ3) is 3.39. The van der Waals surface area contributed by atoms with Crippen molar-refractivity contribution in [2.75, 3.05) is 11.1 Å². The number of rotatable bonds is 2. The maximum atomic E-state index is 6.11. The molecule has 1 saturated carbocycles. The molecule has 0 amide bonds. The zero-order valence-corrected chi connectivity index (χ0v) is 10.8. The number of nitrogens with two attached hydrogens (primary N) is 1. The third-order valence-corrected chi connectivity index (χ3v) is 3.79. The maximum absolute atomic E-state index is 6.11. The molecule has 2 heteroatoms. The summed E-state index contributed by atoms with van der Waals surface area (Å²) in [5, 5.41) is 3.63. The van der Waals surface area contributed by atoms with Gasteiger partial charge in [-0.1, -0.05) is 44.2 Å². The van der Waals surface area contributed by atoms with Gasteiger partial charge in [-0.3, -0.25) is 0 Å². The summed E-state index contributed by atoms with van der Waals surface area (Å²) in [6.07, 6.45) is 9.47. The fraction of sp³-hybridized carbons (Fsp3) is 0.600. The summed E-state index contributed by atoms with van der Waals surface area (Å²) in [5.41, 5.74) is 9.31. The van der Waals surface area contributed by atoms with E-state index in [1.165, 1.54) is 50.5 Å². The molecule has 0 aromatic heterocycles. The second kappa shape index (κ2) is 5.95. The summed E-state index contributed by atoms with van der Waals surface area (Å²) in [4.78, 5) is 0. The molecule has 0 aliphatic heterocycles. The molecule has 0 saturated heterocycles. The van der Waals surface area contributed by atoms with Crippen molar-refractivity contribution in [3.63, 3.8) is 0 Å². The Morgan fingerprint density at radius 3 is 2.41 bits per heavy atom. The number of anilines is 2. The number of para-hydroxylation sites is 1. The van der Waals surface area contributed by atoms with Crippen LogP contribution < -0.4 is 11.1 Å². The fourth-order valence-electron chi connectivity index (χ4n) is 2.63. The van der Waals surface area contributed by atoms with Gasteiger partial charge in [0.1, 0.15) is 0 Å². The second-order valence-electron chi connectivity index (χ2n) is 5.22. The normalized spacial score (nSPS) is 18.4. The average Bonchev–Trinajstić information content (AvgIpc) is 2.28. The molecule has 0 spiro atoms. The minimum absolute atomic E-state index is 0.611. The van der Waals surface area contributed by atoms with Crippen molar-refractivity contribution in [1.82, 2.24) is 0 Å². The standard InChI is InChI=1S/C15H24N2/c1-12-8-7-11-14(15(12)16)17-13-9-5-3-2-4-6-10-13/h7-8,11,13,17H,2-6,9-10,16H2,1H3. The Bertz CT molecular complexity index is 352. The Balaban J connectivity index is 2.00. The van der Waals surface area contributed by atoms with Gasteiger partial charge in [-0.2, -0.15) is 0 Å². The minimum Gasteiger partial charge on any atom is -0.397 e. The van der Waals surface area contributed by atoms with Crippen LogP contribution in [0.4, 0.5) is 11.4 Å².